The lowest BCUT2D eigenvalue weighted by Crippen LogP contribution is -2.24. The number of Topliss-reactive ketones (excluding diaryl/α,β-unsaturated/α-hetero) is 1. The number of nitrogens with one attached hydrogen (secondary N) is 2. The molecule has 3 rings (SSSR count). The number of hydrogen-bond acceptors (Lipinski definition) is 5. The second kappa shape index (κ2) is 7.57. The van der Waals surface area contributed by atoms with E-state index in [2.05, 4.69) is 20.5 Å². The van der Waals surface area contributed by atoms with E-state index >= 15 is 0 Å². The topological polar surface area (TPSA) is 87.2 Å². The summed E-state index contributed by atoms with van der Waals surface area (Å²) in [5.74, 6) is -0.206. The minimum atomic E-state index is -0.337. The molecule has 0 aliphatic rings. The third-order valence-corrected chi connectivity index (χ3v) is 3.69. The van der Waals surface area contributed by atoms with Gasteiger partial charge in [0.1, 0.15) is 0 Å². The molecule has 0 fully saturated rings. The number of benzene rings is 2. The first-order valence-corrected chi connectivity index (χ1v) is 8.11. The van der Waals surface area contributed by atoms with Crippen LogP contribution < -0.4 is 11.0 Å². The minimum Gasteiger partial charge on any atom is -0.305 e. The van der Waals surface area contributed by atoms with E-state index in [4.69, 9.17) is 0 Å². The van der Waals surface area contributed by atoms with E-state index in [1.165, 1.54) is 6.07 Å². The molecule has 0 spiro atoms. The number of carbonyl (C=O) groups is 1. The van der Waals surface area contributed by atoms with Crippen molar-refractivity contribution in [2.45, 2.75) is 13.8 Å². The summed E-state index contributed by atoms with van der Waals surface area (Å²) >= 11 is 0. The fraction of sp³-hybridized carbons (Fsp3) is 0.100. The summed E-state index contributed by atoms with van der Waals surface area (Å²) in [7, 11) is 0. The third-order valence-electron chi connectivity index (χ3n) is 3.69. The van der Waals surface area contributed by atoms with Gasteiger partial charge in [0.15, 0.2) is 11.5 Å². The van der Waals surface area contributed by atoms with Gasteiger partial charge in [-0.25, -0.2) is 4.98 Å². The van der Waals surface area contributed by atoms with Gasteiger partial charge in [-0.1, -0.05) is 48.0 Å². The van der Waals surface area contributed by atoms with Gasteiger partial charge >= 0.3 is 0 Å². The van der Waals surface area contributed by atoms with E-state index in [0.29, 0.717) is 11.3 Å². The summed E-state index contributed by atoms with van der Waals surface area (Å²) in [5, 5.41) is 4.24. The first-order chi connectivity index (χ1) is 12.5. The zero-order chi connectivity index (χ0) is 18.5. The van der Waals surface area contributed by atoms with E-state index in [1.54, 1.807) is 31.2 Å². The number of carbonyl (C=O) groups excluding carboxylic acids is 1. The quantitative estimate of drug-likeness (QED) is 0.422. The average Bonchev–Trinajstić information content (AvgIpc) is 2.63. The van der Waals surface area contributed by atoms with Crippen LogP contribution in [0.4, 0.5) is 5.69 Å². The van der Waals surface area contributed by atoms with Crippen molar-refractivity contribution in [2.75, 3.05) is 5.43 Å². The van der Waals surface area contributed by atoms with Crippen molar-refractivity contribution in [3.05, 3.63) is 93.7 Å². The summed E-state index contributed by atoms with van der Waals surface area (Å²) in [6, 6.07) is 17.7. The zero-order valence-electron chi connectivity index (χ0n) is 14.5. The second-order valence-corrected chi connectivity index (χ2v) is 5.87. The number of rotatable bonds is 5. The van der Waals surface area contributed by atoms with Crippen molar-refractivity contribution in [3.63, 3.8) is 0 Å². The molecule has 0 radical (unpaired) electrons. The standard InChI is InChI=1S/C20H18N4O2/c1-13-8-10-16(11-9-13)23-24-18(19(26)15-6-4-3-5-7-15)20-21-14(2)12-17(25)22-20/h3-12,23H,1-2H3,(H,21,22,25)/b24-18-. The van der Waals surface area contributed by atoms with Crippen molar-refractivity contribution >= 4 is 17.2 Å². The first kappa shape index (κ1) is 17.3. The first-order valence-electron chi connectivity index (χ1n) is 8.11. The predicted molar refractivity (Wildman–Crippen MR) is 102 cm³/mol. The highest BCUT2D eigenvalue weighted by Crippen LogP contribution is 2.10. The predicted octanol–water partition coefficient (Wildman–Crippen LogP) is 3.09. The number of anilines is 1. The maximum Gasteiger partial charge on any atom is 0.251 e. The molecule has 1 heterocycles. The van der Waals surface area contributed by atoms with Crippen molar-refractivity contribution in [1.29, 1.82) is 0 Å². The highest BCUT2D eigenvalue weighted by atomic mass is 16.1. The monoisotopic (exact) mass is 346 g/mol. The fourth-order valence-corrected chi connectivity index (χ4v) is 2.38. The molecule has 6 heteroatoms. The van der Waals surface area contributed by atoms with Gasteiger partial charge in [0.2, 0.25) is 5.78 Å². The lowest BCUT2D eigenvalue weighted by molar-refractivity contribution is 0.106. The number of nitrogens with zero attached hydrogens (tertiary/aromatic N) is 2. The van der Waals surface area contributed by atoms with Crippen LogP contribution in [0.1, 0.15) is 27.4 Å². The van der Waals surface area contributed by atoms with Crippen molar-refractivity contribution in [1.82, 2.24) is 9.97 Å². The molecule has 0 amide bonds. The van der Waals surface area contributed by atoms with Gasteiger partial charge in [0, 0.05) is 17.3 Å². The van der Waals surface area contributed by atoms with Gasteiger partial charge in [-0.05, 0) is 26.0 Å². The molecule has 0 atom stereocenters. The van der Waals surface area contributed by atoms with Gasteiger partial charge < -0.3 is 4.98 Å². The van der Waals surface area contributed by atoms with E-state index in [-0.39, 0.29) is 22.9 Å². The normalized spacial score (nSPS) is 11.2. The highest BCUT2D eigenvalue weighted by molar-refractivity contribution is 6.50. The highest BCUT2D eigenvalue weighted by Gasteiger charge is 2.19. The fourth-order valence-electron chi connectivity index (χ4n) is 2.38. The summed E-state index contributed by atoms with van der Waals surface area (Å²) in [6.45, 7) is 3.68. The van der Waals surface area contributed by atoms with E-state index < -0.39 is 0 Å². The van der Waals surface area contributed by atoms with E-state index in [1.807, 2.05) is 37.3 Å². The summed E-state index contributed by atoms with van der Waals surface area (Å²) < 4.78 is 0. The van der Waals surface area contributed by atoms with Gasteiger partial charge in [-0.2, -0.15) is 5.10 Å². The molecular weight excluding hydrogens is 328 g/mol. The lowest BCUT2D eigenvalue weighted by Gasteiger charge is -2.08. The van der Waals surface area contributed by atoms with Gasteiger partial charge in [0.05, 0.1) is 5.69 Å². The van der Waals surface area contributed by atoms with Gasteiger partial charge in [-0.3, -0.25) is 15.0 Å². The Morgan fingerprint density at radius 3 is 2.38 bits per heavy atom. The van der Waals surface area contributed by atoms with Crippen molar-refractivity contribution in [2.24, 2.45) is 5.10 Å². The van der Waals surface area contributed by atoms with Gasteiger partial charge in [-0.15, -0.1) is 0 Å². The number of aromatic amines is 1. The number of hydrogen-bond donors (Lipinski definition) is 2. The van der Waals surface area contributed by atoms with Crippen molar-refractivity contribution < 1.29 is 4.79 Å². The molecular formula is C20H18N4O2. The molecule has 0 aliphatic carbocycles. The summed E-state index contributed by atoms with van der Waals surface area (Å²) in [5.41, 5.74) is 5.38. The van der Waals surface area contributed by atoms with Crippen LogP contribution in [0.5, 0.6) is 0 Å². The van der Waals surface area contributed by atoms with Crippen LogP contribution in [0.3, 0.4) is 0 Å². The largest absolute Gasteiger partial charge is 0.305 e. The van der Waals surface area contributed by atoms with Crippen LogP contribution in [0, 0.1) is 13.8 Å². The number of ketones is 1. The number of H-pyrrole nitrogens is 1. The Balaban J connectivity index is 2.03. The average molecular weight is 346 g/mol. The molecule has 26 heavy (non-hydrogen) atoms. The molecule has 2 aromatic carbocycles. The second-order valence-electron chi connectivity index (χ2n) is 5.87. The molecule has 130 valence electrons. The SMILES string of the molecule is Cc1ccc(N/N=C(/C(=O)c2ccccc2)c2nc(C)cc(=O)[nH]2)cc1. The Morgan fingerprint density at radius 1 is 1.04 bits per heavy atom. The third kappa shape index (κ3) is 4.10. The van der Waals surface area contributed by atoms with Crippen LogP contribution in [-0.2, 0) is 0 Å². The van der Waals surface area contributed by atoms with Crippen LogP contribution in [0.25, 0.3) is 0 Å². The Labute approximate surface area is 150 Å². The van der Waals surface area contributed by atoms with Crippen LogP contribution in [0.2, 0.25) is 0 Å². The number of aryl methyl sites for hydroxylation is 2. The van der Waals surface area contributed by atoms with Crippen LogP contribution in [0.15, 0.2) is 70.6 Å². The Hall–Kier alpha value is -3.54. The molecule has 6 nitrogen and oxygen atoms in total. The lowest BCUT2D eigenvalue weighted by atomic mass is 10.1. The van der Waals surface area contributed by atoms with Crippen LogP contribution >= 0.6 is 0 Å². The molecule has 0 aliphatic heterocycles. The molecule has 1 aromatic heterocycles. The molecule has 2 N–H and O–H groups in total. The molecule has 0 bridgehead atoms. The molecule has 0 unspecified atom stereocenters. The molecule has 0 saturated carbocycles. The molecule has 0 saturated heterocycles. The summed E-state index contributed by atoms with van der Waals surface area (Å²) in [4.78, 5) is 31.6. The van der Waals surface area contributed by atoms with Crippen LogP contribution in [-0.4, -0.2) is 21.5 Å². The number of aromatic nitrogens is 2. The summed E-state index contributed by atoms with van der Waals surface area (Å²) in [6.07, 6.45) is 0. The zero-order valence-corrected chi connectivity index (χ0v) is 14.5. The Kier molecular flexibility index (Phi) is 5.03. The maximum atomic E-state index is 12.9. The smallest absolute Gasteiger partial charge is 0.251 e. The van der Waals surface area contributed by atoms with E-state index in [9.17, 15) is 9.59 Å². The Morgan fingerprint density at radius 2 is 1.73 bits per heavy atom. The molecule has 3 aromatic rings. The number of hydrazone groups is 1. The minimum absolute atomic E-state index is 0.0394. The van der Waals surface area contributed by atoms with E-state index in [0.717, 1.165) is 11.3 Å². The van der Waals surface area contributed by atoms with Crippen molar-refractivity contribution in [3.8, 4) is 0 Å². The Bertz CT molecular complexity index is 1010. The maximum absolute atomic E-state index is 12.9. The van der Waals surface area contributed by atoms with Gasteiger partial charge in [0.25, 0.3) is 5.56 Å².